The molecule has 1 aromatic heterocycles. The largest absolute Gasteiger partial charge is 0.490 e. The van der Waals surface area contributed by atoms with Crippen LogP contribution >= 0.6 is 0 Å². The van der Waals surface area contributed by atoms with Gasteiger partial charge in [0.25, 0.3) is 5.91 Å². The molecule has 0 fully saturated rings. The third-order valence-electron chi connectivity index (χ3n) is 4.15. The minimum Gasteiger partial charge on any atom is -0.490 e. The summed E-state index contributed by atoms with van der Waals surface area (Å²) >= 11 is 0. The number of nitro benzene ring substituents is 1. The lowest BCUT2D eigenvalue weighted by molar-refractivity contribution is -0.385. The fraction of sp³-hybridized carbons (Fsp3) is 0.111. The lowest BCUT2D eigenvalue weighted by Crippen LogP contribution is -2.14. The quantitative estimate of drug-likeness (QED) is 0.568. The summed E-state index contributed by atoms with van der Waals surface area (Å²) in [4.78, 5) is 35.2. The van der Waals surface area contributed by atoms with Crippen LogP contribution in [0, 0.1) is 17.0 Å². The molecule has 8 heteroatoms. The third-order valence-corrected chi connectivity index (χ3v) is 4.15. The number of carboxylic acids is 1. The number of rotatable bonds is 4. The summed E-state index contributed by atoms with van der Waals surface area (Å²) in [5, 5.41) is 21.1. The summed E-state index contributed by atoms with van der Waals surface area (Å²) in [6.45, 7) is 1.53. The van der Waals surface area contributed by atoms with Crippen LogP contribution in [0.5, 0.6) is 5.75 Å². The van der Waals surface area contributed by atoms with Crippen molar-refractivity contribution >= 4 is 28.5 Å². The van der Waals surface area contributed by atoms with Gasteiger partial charge in [0.15, 0.2) is 5.75 Å². The van der Waals surface area contributed by atoms with E-state index in [9.17, 15) is 24.8 Å². The highest BCUT2D eigenvalue weighted by Crippen LogP contribution is 2.30. The average Bonchev–Trinajstić information content (AvgIpc) is 2.92. The Bertz CT molecular complexity index is 1070. The summed E-state index contributed by atoms with van der Waals surface area (Å²) in [5.41, 5.74) is 0.411. The Labute approximate surface area is 147 Å². The smallest absolute Gasteiger partial charge is 0.338 e. The monoisotopic (exact) mass is 354 g/mol. The van der Waals surface area contributed by atoms with Crippen LogP contribution in [0.15, 0.2) is 42.5 Å². The number of aromatic nitrogens is 1. The van der Waals surface area contributed by atoms with Gasteiger partial charge in [-0.15, -0.1) is 0 Å². The molecule has 3 rings (SSSR count). The minimum atomic E-state index is -1.15. The number of nitrogens with zero attached hydrogens (tertiary/aromatic N) is 2. The Morgan fingerprint density at radius 3 is 2.50 bits per heavy atom. The van der Waals surface area contributed by atoms with E-state index in [-0.39, 0.29) is 28.3 Å². The molecule has 0 aliphatic heterocycles. The Morgan fingerprint density at radius 1 is 1.19 bits per heavy atom. The lowest BCUT2D eigenvalue weighted by atomic mass is 10.1. The van der Waals surface area contributed by atoms with Gasteiger partial charge in [-0.3, -0.25) is 19.5 Å². The molecule has 0 aliphatic carbocycles. The van der Waals surface area contributed by atoms with E-state index >= 15 is 0 Å². The molecule has 0 aliphatic rings. The molecule has 1 N–H and O–H groups in total. The second kappa shape index (κ2) is 6.32. The number of methoxy groups -OCH3 is 1. The van der Waals surface area contributed by atoms with Gasteiger partial charge in [-0.2, -0.15) is 0 Å². The zero-order chi connectivity index (χ0) is 19.0. The Morgan fingerprint density at radius 2 is 1.88 bits per heavy atom. The molecule has 0 bridgehead atoms. The van der Waals surface area contributed by atoms with E-state index in [1.807, 2.05) is 0 Å². The van der Waals surface area contributed by atoms with Gasteiger partial charge >= 0.3 is 11.7 Å². The van der Waals surface area contributed by atoms with E-state index in [1.54, 1.807) is 24.3 Å². The maximum absolute atomic E-state index is 13.0. The summed E-state index contributed by atoms with van der Waals surface area (Å²) in [5.74, 6) is -1.67. The van der Waals surface area contributed by atoms with Crippen molar-refractivity contribution in [1.29, 1.82) is 0 Å². The molecule has 132 valence electrons. The maximum Gasteiger partial charge on any atom is 0.338 e. The number of nitro groups is 1. The van der Waals surface area contributed by atoms with Gasteiger partial charge in [-0.1, -0.05) is 18.2 Å². The number of carbonyl (C=O) groups excluding carboxylic acids is 1. The molecule has 8 nitrogen and oxygen atoms in total. The number of benzene rings is 2. The number of hydrogen-bond acceptors (Lipinski definition) is 5. The van der Waals surface area contributed by atoms with Crippen molar-refractivity contribution in [3.63, 3.8) is 0 Å². The fourth-order valence-corrected chi connectivity index (χ4v) is 2.99. The summed E-state index contributed by atoms with van der Waals surface area (Å²) in [6, 6.07) is 10.5. The van der Waals surface area contributed by atoms with Gasteiger partial charge in [0.1, 0.15) is 0 Å². The first-order valence-corrected chi connectivity index (χ1v) is 7.57. The molecule has 3 aromatic rings. The predicted molar refractivity (Wildman–Crippen MR) is 93.0 cm³/mol. The van der Waals surface area contributed by atoms with E-state index in [0.29, 0.717) is 10.9 Å². The molecular weight excluding hydrogens is 340 g/mol. The van der Waals surface area contributed by atoms with Crippen LogP contribution in [0.3, 0.4) is 0 Å². The number of carbonyl (C=O) groups is 2. The fourth-order valence-electron chi connectivity index (χ4n) is 2.99. The van der Waals surface area contributed by atoms with Crippen LogP contribution < -0.4 is 4.74 Å². The second-order valence-electron chi connectivity index (χ2n) is 5.57. The molecule has 0 saturated carbocycles. The summed E-state index contributed by atoms with van der Waals surface area (Å²) in [6.07, 6.45) is 0. The van der Waals surface area contributed by atoms with Crippen molar-refractivity contribution in [2.75, 3.05) is 7.11 Å². The standard InChI is InChI=1S/C18H14N2O6/c1-10-16(18(22)23)12-5-3-4-6-13(12)19(10)17(21)11-7-8-15(26-2)14(9-11)20(24)25/h3-9H,1-2H3,(H,22,23). The minimum absolute atomic E-state index is 0.0250. The number of ether oxygens (including phenoxy) is 1. The van der Waals surface area contributed by atoms with E-state index in [1.165, 1.54) is 30.7 Å². The molecule has 0 radical (unpaired) electrons. The van der Waals surface area contributed by atoms with Gasteiger partial charge < -0.3 is 9.84 Å². The van der Waals surface area contributed by atoms with Gasteiger partial charge in [0.2, 0.25) is 0 Å². The molecule has 0 saturated heterocycles. The SMILES string of the molecule is COc1ccc(C(=O)n2c(C)c(C(=O)O)c3ccccc32)cc1[N+](=O)[O-]. The van der Waals surface area contributed by atoms with Crippen LogP contribution in [-0.2, 0) is 0 Å². The molecule has 0 amide bonds. The molecule has 0 spiro atoms. The molecule has 0 unspecified atom stereocenters. The van der Waals surface area contributed by atoms with E-state index in [2.05, 4.69) is 0 Å². The predicted octanol–water partition coefficient (Wildman–Crippen LogP) is 3.25. The second-order valence-corrected chi connectivity index (χ2v) is 5.57. The average molecular weight is 354 g/mol. The molecule has 2 aromatic carbocycles. The van der Waals surface area contributed by atoms with Crippen molar-refractivity contribution < 1.29 is 24.4 Å². The van der Waals surface area contributed by atoms with E-state index in [4.69, 9.17) is 4.74 Å². The van der Waals surface area contributed by atoms with Gasteiger partial charge in [-0.25, -0.2) is 4.79 Å². The Balaban J connectivity index is 2.24. The van der Waals surface area contributed by atoms with Crippen molar-refractivity contribution in [2.45, 2.75) is 6.92 Å². The zero-order valence-corrected chi connectivity index (χ0v) is 13.9. The van der Waals surface area contributed by atoms with E-state index in [0.717, 1.165) is 6.07 Å². The number of hydrogen-bond donors (Lipinski definition) is 1. The van der Waals surface area contributed by atoms with Crippen LogP contribution in [-0.4, -0.2) is 33.6 Å². The highest BCUT2D eigenvalue weighted by Gasteiger charge is 2.25. The van der Waals surface area contributed by atoms with Crippen LogP contribution in [0.2, 0.25) is 0 Å². The summed E-state index contributed by atoms with van der Waals surface area (Å²) < 4.78 is 6.19. The first-order chi connectivity index (χ1) is 12.4. The maximum atomic E-state index is 13.0. The molecule has 0 atom stereocenters. The highest BCUT2D eigenvalue weighted by atomic mass is 16.6. The Kier molecular flexibility index (Phi) is 4.17. The highest BCUT2D eigenvalue weighted by molar-refractivity contribution is 6.11. The topological polar surface area (TPSA) is 112 Å². The normalized spacial score (nSPS) is 10.7. The van der Waals surface area contributed by atoms with Gasteiger partial charge in [0.05, 0.1) is 23.1 Å². The first-order valence-electron chi connectivity index (χ1n) is 7.57. The van der Waals surface area contributed by atoms with E-state index < -0.39 is 16.8 Å². The number of fused-ring (bicyclic) bond motifs is 1. The van der Waals surface area contributed by atoms with Crippen molar-refractivity contribution in [3.8, 4) is 5.75 Å². The Hall–Kier alpha value is -3.68. The summed E-state index contributed by atoms with van der Waals surface area (Å²) in [7, 11) is 1.30. The number of aromatic carboxylic acids is 1. The van der Waals surface area contributed by atoms with Crippen molar-refractivity contribution in [2.24, 2.45) is 0 Å². The van der Waals surface area contributed by atoms with Crippen LogP contribution in [0.25, 0.3) is 10.9 Å². The number of para-hydroxylation sites is 1. The molecular formula is C18H14N2O6. The molecule has 1 heterocycles. The van der Waals surface area contributed by atoms with Crippen LogP contribution in [0.1, 0.15) is 26.4 Å². The number of carboxylic acid groups (broad SMARTS) is 1. The van der Waals surface area contributed by atoms with Gasteiger partial charge in [-0.05, 0) is 25.1 Å². The molecule has 26 heavy (non-hydrogen) atoms. The zero-order valence-electron chi connectivity index (χ0n) is 13.9. The first kappa shape index (κ1) is 17.2. The van der Waals surface area contributed by atoms with Crippen molar-refractivity contribution in [1.82, 2.24) is 4.57 Å². The lowest BCUT2D eigenvalue weighted by Gasteiger charge is -2.08. The third kappa shape index (κ3) is 2.57. The van der Waals surface area contributed by atoms with Crippen molar-refractivity contribution in [3.05, 3.63) is 69.4 Å². The van der Waals surface area contributed by atoms with Gasteiger partial charge in [0, 0.05) is 22.7 Å². The van der Waals surface area contributed by atoms with Crippen LogP contribution in [0.4, 0.5) is 5.69 Å².